The minimum atomic E-state index is -0.892. The average Bonchev–Trinajstić information content (AvgIpc) is 2.23. The third kappa shape index (κ3) is 4.63. The van der Waals surface area contributed by atoms with E-state index in [4.69, 9.17) is 0 Å². The minimum Gasteiger partial charge on any atom is -0.299 e. The third-order valence-corrected chi connectivity index (χ3v) is 2.74. The van der Waals surface area contributed by atoms with Crippen LogP contribution in [0.15, 0.2) is 18.2 Å². The highest BCUT2D eigenvalue weighted by Crippen LogP contribution is 2.14. The van der Waals surface area contributed by atoms with Gasteiger partial charge in [0.25, 0.3) is 0 Å². The number of rotatable bonds is 6. The number of benzene rings is 1. The fourth-order valence-electron chi connectivity index (χ4n) is 1.93. The first kappa shape index (κ1) is 13.8. The summed E-state index contributed by atoms with van der Waals surface area (Å²) in [5.74, 6) is -1.33. The van der Waals surface area contributed by atoms with E-state index >= 15 is 0 Å². The molecule has 17 heavy (non-hydrogen) atoms. The SMILES string of the molecule is CCCC(C)CC(=O)Cc1ccc(F)c(F)c1. The van der Waals surface area contributed by atoms with Crippen LogP contribution in [0.2, 0.25) is 0 Å². The van der Waals surface area contributed by atoms with Gasteiger partial charge in [-0.25, -0.2) is 8.78 Å². The molecular formula is C14H18F2O. The van der Waals surface area contributed by atoms with Crippen molar-refractivity contribution in [3.8, 4) is 0 Å². The second-order valence-corrected chi connectivity index (χ2v) is 4.56. The van der Waals surface area contributed by atoms with Crippen LogP contribution in [0, 0.1) is 17.6 Å². The number of hydrogen-bond acceptors (Lipinski definition) is 1. The molecule has 0 heterocycles. The van der Waals surface area contributed by atoms with Crippen molar-refractivity contribution in [3.63, 3.8) is 0 Å². The Hall–Kier alpha value is -1.25. The van der Waals surface area contributed by atoms with Gasteiger partial charge in [-0.15, -0.1) is 0 Å². The Labute approximate surface area is 101 Å². The lowest BCUT2D eigenvalue weighted by Crippen LogP contribution is -2.08. The van der Waals surface area contributed by atoms with Gasteiger partial charge >= 0.3 is 0 Å². The van der Waals surface area contributed by atoms with E-state index in [-0.39, 0.29) is 12.2 Å². The molecule has 1 aromatic carbocycles. The molecule has 0 aliphatic heterocycles. The molecule has 0 aliphatic rings. The maximum atomic E-state index is 12.9. The van der Waals surface area contributed by atoms with Crippen molar-refractivity contribution in [1.29, 1.82) is 0 Å². The normalized spacial score (nSPS) is 12.5. The quantitative estimate of drug-likeness (QED) is 0.737. The van der Waals surface area contributed by atoms with Crippen LogP contribution in [-0.2, 0) is 11.2 Å². The van der Waals surface area contributed by atoms with E-state index in [1.165, 1.54) is 6.07 Å². The molecule has 0 spiro atoms. The summed E-state index contributed by atoms with van der Waals surface area (Å²) in [5.41, 5.74) is 0.539. The largest absolute Gasteiger partial charge is 0.299 e. The van der Waals surface area contributed by atoms with Gasteiger partial charge in [0.2, 0.25) is 0 Å². The van der Waals surface area contributed by atoms with Crippen LogP contribution in [0.25, 0.3) is 0 Å². The van der Waals surface area contributed by atoms with Gasteiger partial charge in [0.1, 0.15) is 5.78 Å². The molecule has 1 aromatic rings. The number of carbonyl (C=O) groups is 1. The molecule has 0 saturated heterocycles. The fraction of sp³-hybridized carbons (Fsp3) is 0.500. The molecule has 1 nitrogen and oxygen atoms in total. The highest BCUT2D eigenvalue weighted by molar-refractivity contribution is 5.81. The van der Waals surface area contributed by atoms with Crippen LogP contribution in [0.5, 0.6) is 0 Å². The van der Waals surface area contributed by atoms with E-state index in [0.717, 1.165) is 25.0 Å². The van der Waals surface area contributed by atoms with E-state index < -0.39 is 11.6 Å². The van der Waals surface area contributed by atoms with Gasteiger partial charge in [-0.1, -0.05) is 32.8 Å². The van der Waals surface area contributed by atoms with E-state index in [1.807, 2.05) is 6.92 Å². The lowest BCUT2D eigenvalue weighted by atomic mass is 9.96. The van der Waals surface area contributed by atoms with Crippen LogP contribution in [-0.4, -0.2) is 5.78 Å². The Balaban J connectivity index is 2.53. The number of Topliss-reactive ketones (excluding diaryl/α,β-unsaturated/α-hetero) is 1. The zero-order valence-electron chi connectivity index (χ0n) is 10.3. The summed E-state index contributed by atoms with van der Waals surface area (Å²) in [5, 5.41) is 0. The molecule has 1 unspecified atom stereocenters. The van der Waals surface area contributed by atoms with Gasteiger partial charge in [0.15, 0.2) is 11.6 Å². The first-order valence-corrected chi connectivity index (χ1v) is 5.98. The third-order valence-electron chi connectivity index (χ3n) is 2.74. The molecule has 0 fully saturated rings. The van der Waals surface area contributed by atoms with Crippen molar-refractivity contribution in [2.45, 2.75) is 39.5 Å². The maximum absolute atomic E-state index is 12.9. The standard InChI is InChI=1S/C14H18F2O/c1-3-4-10(2)7-12(17)8-11-5-6-13(15)14(16)9-11/h5-6,9-10H,3-4,7-8H2,1-2H3. The van der Waals surface area contributed by atoms with E-state index in [9.17, 15) is 13.6 Å². The van der Waals surface area contributed by atoms with Crippen LogP contribution >= 0.6 is 0 Å². The Bertz CT molecular complexity index is 388. The van der Waals surface area contributed by atoms with Crippen LogP contribution in [0.3, 0.4) is 0 Å². The Morgan fingerprint density at radius 3 is 2.59 bits per heavy atom. The predicted octanol–water partition coefficient (Wildman–Crippen LogP) is 3.90. The second-order valence-electron chi connectivity index (χ2n) is 4.56. The summed E-state index contributed by atoms with van der Waals surface area (Å²) >= 11 is 0. The molecular weight excluding hydrogens is 222 g/mol. The van der Waals surface area contributed by atoms with Gasteiger partial charge in [-0.05, 0) is 23.6 Å². The monoisotopic (exact) mass is 240 g/mol. The van der Waals surface area contributed by atoms with Crippen molar-refractivity contribution in [1.82, 2.24) is 0 Å². The second kappa shape index (κ2) is 6.48. The van der Waals surface area contributed by atoms with Gasteiger partial charge < -0.3 is 0 Å². The van der Waals surface area contributed by atoms with E-state index in [1.54, 1.807) is 0 Å². The molecule has 3 heteroatoms. The van der Waals surface area contributed by atoms with E-state index in [0.29, 0.717) is 17.9 Å². The smallest absolute Gasteiger partial charge is 0.159 e. The molecule has 0 radical (unpaired) electrons. The van der Waals surface area contributed by atoms with Crippen LogP contribution in [0.1, 0.15) is 38.7 Å². The topological polar surface area (TPSA) is 17.1 Å². The van der Waals surface area contributed by atoms with Gasteiger partial charge in [-0.3, -0.25) is 4.79 Å². The first-order chi connectivity index (χ1) is 8.02. The van der Waals surface area contributed by atoms with E-state index in [2.05, 4.69) is 6.92 Å². The van der Waals surface area contributed by atoms with Crippen molar-refractivity contribution in [3.05, 3.63) is 35.4 Å². The average molecular weight is 240 g/mol. The summed E-state index contributed by atoms with van der Waals surface area (Å²) < 4.78 is 25.6. The molecule has 0 amide bonds. The summed E-state index contributed by atoms with van der Waals surface area (Å²) in [4.78, 5) is 11.7. The molecule has 0 N–H and O–H groups in total. The number of ketones is 1. The zero-order valence-corrected chi connectivity index (χ0v) is 10.3. The maximum Gasteiger partial charge on any atom is 0.159 e. The first-order valence-electron chi connectivity index (χ1n) is 5.98. The van der Waals surface area contributed by atoms with Crippen molar-refractivity contribution < 1.29 is 13.6 Å². The summed E-state index contributed by atoms with van der Waals surface area (Å²) in [6, 6.07) is 3.62. The van der Waals surface area contributed by atoms with Gasteiger partial charge in [0.05, 0.1) is 0 Å². The minimum absolute atomic E-state index is 0.0805. The van der Waals surface area contributed by atoms with Crippen molar-refractivity contribution in [2.75, 3.05) is 0 Å². The zero-order chi connectivity index (χ0) is 12.8. The van der Waals surface area contributed by atoms with Crippen LogP contribution in [0.4, 0.5) is 8.78 Å². The predicted molar refractivity (Wildman–Crippen MR) is 63.8 cm³/mol. The molecule has 94 valence electrons. The van der Waals surface area contributed by atoms with Crippen LogP contribution < -0.4 is 0 Å². The number of hydrogen-bond donors (Lipinski definition) is 0. The molecule has 0 aliphatic carbocycles. The highest BCUT2D eigenvalue weighted by atomic mass is 19.2. The Morgan fingerprint density at radius 2 is 2.00 bits per heavy atom. The lowest BCUT2D eigenvalue weighted by molar-refractivity contribution is -0.119. The lowest BCUT2D eigenvalue weighted by Gasteiger charge is -2.08. The molecule has 0 bridgehead atoms. The molecule has 0 aromatic heterocycles. The Kier molecular flexibility index (Phi) is 5.26. The molecule has 1 rings (SSSR count). The Morgan fingerprint density at radius 1 is 1.29 bits per heavy atom. The highest BCUT2D eigenvalue weighted by Gasteiger charge is 2.10. The summed E-state index contributed by atoms with van der Waals surface area (Å²) in [7, 11) is 0. The molecule has 0 saturated carbocycles. The summed E-state index contributed by atoms with van der Waals surface area (Å²) in [6.07, 6.45) is 2.77. The van der Waals surface area contributed by atoms with Gasteiger partial charge in [0, 0.05) is 12.8 Å². The van der Waals surface area contributed by atoms with Crippen molar-refractivity contribution >= 4 is 5.78 Å². The molecule has 1 atom stereocenters. The number of carbonyl (C=O) groups excluding carboxylic acids is 1. The summed E-state index contributed by atoms with van der Waals surface area (Å²) in [6.45, 7) is 4.11. The van der Waals surface area contributed by atoms with Crippen molar-refractivity contribution in [2.24, 2.45) is 5.92 Å². The number of halogens is 2. The van der Waals surface area contributed by atoms with Gasteiger partial charge in [-0.2, -0.15) is 0 Å². The fourth-order valence-corrected chi connectivity index (χ4v) is 1.93.